The third-order valence-corrected chi connectivity index (χ3v) is 3.82. The summed E-state index contributed by atoms with van der Waals surface area (Å²) in [7, 11) is 0. The summed E-state index contributed by atoms with van der Waals surface area (Å²) in [5, 5.41) is 0. The highest BCUT2D eigenvalue weighted by Gasteiger charge is 2.19. The molecule has 0 saturated heterocycles. The number of rotatable bonds is 2. The Morgan fingerprint density at radius 1 is 1.14 bits per heavy atom. The van der Waals surface area contributed by atoms with E-state index in [9.17, 15) is 9.18 Å². The van der Waals surface area contributed by atoms with Gasteiger partial charge in [0.25, 0.3) is 0 Å². The number of hydrogen-bond donors (Lipinski definition) is 2. The first-order chi connectivity index (χ1) is 10.0. The van der Waals surface area contributed by atoms with Crippen molar-refractivity contribution in [3.05, 3.63) is 58.9 Å². The Labute approximate surface area is 122 Å². The van der Waals surface area contributed by atoms with Crippen molar-refractivity contribution in [2.45, 2.75) is 13.0 Å². The van der Waals surface area contributed by atoms with Crippen LogP contribution in [0.5, 0.6) is 0 Å². The molecule has 2 aromatic rings. The summed E-state index contributed by atoms with van der Waals surface area (Å²) in [6, 6.07) is 10.2. The number of nitrogens with zero attached hydrogens (tertiary/aromatic N) is 1. The van der Waals surface area contributed by atoms with Crippen LogP contribution in [-0.2, 0) is 13.0 Å². The van der Waals surface area contributed by atoms with Crippen LogP contribution >= 0.6 is 0 Å². The first-order valence-electron chi connectivity index (χ1n) is 6.76. The summed E-state index contributed by atoms with van der Waals surface area (Å²) in [6.07, 6.45) is 0.840. The fourth-order valence-corrected chi connectivity index (χ4v) is 2.70. The number of carbonyl (C=O) groups is 1. The Bertz CT molecular complexity index is 715. The van der Waals surface area contributed by atoms with Crippen LogP contribution in [0, 0.1) is 5.82 Å². The number of nitrogens with two attached hydrogens (primary N) is 2. The SMILES string of the molecule is NC(=O)c1ccc(N2CCc3ccc(N)cc3C2)c(F)c1. The van der Waals surface area contributed by atoms with Gasteiger partial charge in [0.1, 0.15) is 5.82 Å². The van der Waals surface area contributed by atoms with Crippen LogP contribution in [0.1, 0.15) is 21.5 Å². The molecule has 0 fully saturated rings. The van der Waals surface area contributed by atoms with E-state index in [1.165, 1.54) is 11.6 Å². The van der Waals surface area contributed by atoms with Gasteiger partial charge < -0.3 is 16.4 Å². The van der Waals surface area contributed by atoms with Gasteiger partial charge in [0.15, 0.2) is 0 Å². The molecule has 0 spiro atoms. The lowest BCUT2D eigenvalue weighted by atomic mass is 9.98. The van der Waals surface area contributed by atoms with E-state index in [-0.39, 0.29) is 5.56 Å². The average molecular weight is 285 g/mol. The van der Waals surface area contributed by atoms with E-state index >= 15 is 0 Å². The van der Waals surface area contributed by atoms with Crippen molar-refractivity contribution < 1.29 is 9.18 Å². The zero-order valence-corrected chi connectivity index (χ0v) is 11.5. The van der Waals surface area contributed by atoms with Gasteiger partial charge in [-0.1, -0.05) is 6.07 Å². The molecule has 1 heterocycles. The van der Waals surface area contributed by atoms with Crippen molar-refractivity contribution in [2.75, 3.05) is 17.2 Å². The first-order valence-corrected chi connectivity index (χ1v) is 6.76. The number of amides is 1. The average Bonchev–Trinajstić information content (AvgIpc) is 2.46. The number of anilines is 2. The van der Waals surface area contributed by atoms with Gasteiger partial charge in [0.2, 0.25) is 5.91 Å². The van der Waals surface area contributed by atoms with Crippen molar-refractivity contribution in [1.29, 1.82) is 0 Å². The van der Waals surface area contributed by atoms with Crippen LogP contribution in [0.3, 0.4) is 0 Å². The van der Waals surface area contributed by atoms with Crippen LogP contribution in [0.15, 0.2) is 36.4 Å². The molecule has 0 radical (unpaired) electrons. The Kier molecular flexibility index (Phi) is 3.25. The number of fused-ring (bicyclic) bond motifs is 1. The van der Waals surface area contributed by atoms with Crippen LogP contribution in [0.4, 0.5) is 15.8 Å². The second-order valence-electron chi connectivity index (χ2n) is 5.23. The number of benzene rings is 2. The number of halogens is 1. The summed E-state index contributed by atoms with van der Waals surface area (Å²) in [4.78, 5) is 13.0. The molecule has 4 nitrogen and oxygen atoms in total. The largest absolute Gasteiger partial charge is 0.399 e. The number of hydrogen-bond acceptors (Lipinski definition) is 3. The molecular formula is C16H16FN3O. The molecule has 0 unspecified atom stereocenters. The molecule has 0 aromatic heterocycles. The van der Waals surface area contributed by atoms with Gasteiger partial charge in [-0.25, -0.2) is 4.39 Å². The van der Waals surface area contributed by atoms with Gasteiger partial charge in [0, 0.05) is 24.3 Å². The molecular weight excluding hydrogens is 269 g/mol. The Morgan fingerprint density at radius 2 is 1.95 bits per heavy atom. The minimum Gasteiger partial charge on any atom is -0.399 e. The Hall–Kier alpha value is -2.56. The molecule has 1 amide bonds. The van der Waals surface area contributed by atoms with E-state index in [0.717, 1.165) is 18.5 Å². The molecule has 0 bridgehead atoms. The summed E-state index contributed by atoms with van der Waals surface area (Å²) in [6.45, 7) is 1.33. The molecule has 5 heteroatoms. The lowest BCUT2D eigenvalue weighted by molar-refractivity contribution is 0.1000. The molecule has 0 atom stereocenters. The number of primary amides is 1. The van der Waals surface area contributed by atoms with Gasteiger partial charge in [-0.05, 0) is 47.9 Å². The quantitative estimate of drug-likeness (QED) is 0.830. The molecule has 21 heavy (non-hydrogen) atoms. The Morgan fingerprint density at radius 3 is 2.67 bits per heavy atom. The maximum atomic E-state index is 14.2. The molecule has 0 aliphatic carbocycles. The molecule has 108 valence electrons. The lowest BCUT2D eigenvalue weighted by Gasteiger charge is -2.31. The summed E-state index contributed by atoms with van der Waals surface area (Å²) in [5.41, 5.74) is 14.7. The van der Waals surface area contributed by atoms with Crippen LogP contribution in [0.2, 0.25) is 0 Å². The standard InChI is InChI=1S/C16H16FN3O/c17-14-8-11(16(19)21)2-4-15(14)20-6-5-10-1-3-13(18)7-12(10)9-20/h1-4,7-8H,5-6,9,18H2,(H2,19,21). The molecule has 2 aromatic carbocycles. The minimum absolute atomic E-state index is 0.179. The van der Waals surface area contributed by atoms with Crippen LogP contribution in [0.25, 0.3) is 0 Å². The zero-order chi connectivity index (χ0) is 15.0. The monoisotopic (exact) mass is 285 g/mol. The first kappa shape index (κ1) is 13.4. The second-order valence-corrected chi connectivity index (χ2v) is 5.23. The highest BCUT2D eigenvalue weighted by atomic mass is 19.1. The van der Waals surface area contributed by atoms with Gasteiger partial charge >= 0.3 is 0 Å². The Balaban J connectivity index is 1.91. The maximum Gasteiger partial charge on any atom is 0.248 e. The predicted octanol–water partition coefficient (Wildman–Crippen LogP) is 2.07. The maximum absolute atomic E-state index is 14.2. The van der Waals surface area contributed by atoms with Crippen molar-refractivity contribution in [2.24, 2.45) is 5.73 Å². The van der Waals surface area contributed by atoms with Crippen molar-refractivity contribution in [3.8, 4) is 0 Å². The van der Waals surface area contributed by atoms with E-state index in [2.05, 4.69) is 0 Å². The van der Waals surface area contributed by atoms with Crippen molar-refractivity contribution in [1.82, 2.24) is 0 Å². The summed E-state index contributed by atoms with van der Waals surface area (Å²) in [5.74, 6) is -1.06. The van der Waals surface area contributed by atoms with E-state index in [0.29, 0.717) is 17.9 Å². The zero-order valence-electron chi connectivity index (χ0n) is 11.5. The van der Waals surface area contributed by atoms with Crippen molar-refractivity contribution >= 4 is 17.3 Å². The fourth-order valence-electron chi connectivity index (χ4n) is 2.70. The summed E-state index contributed by atoms with van der Waals surface area (Å²) >= 11 is 0. The number of nitrogen functional groups attached to an aromatic ring is 1. The molecule has 4 N–H and O–H groups in total. The van der Waals surface area contributed by atoms with E-state index in [1.54, 1.807) is 12.1 Å². The molecule has 0 saturated carbocycles. The van der Waals surface area contributed by atoms with Crippen LogP contribution in [-0.4, -0.2) is 12.5 Å². The third kappa shape index (κ3) is 2.54. The highest BCUT2D eigenvalue weighted by Crippen LogP contribution is 2.28. The smallest absolute Gasteiger partial charge is 0.248 e. The molecule has 1 aliphatic rings. The van der Waals surface area contributed by atoms with E-state index in [4.69, 9.17) is 11.5 Å². The van der Waals surface area contributed by atoms with E-state index < -0.39 is 11.7 Å². The molecule has 3 rings (SSSR count). The topological polar surface area (TPSA) is 72.4 Å². The van der Waals surface area contributed by atoms with Gasteiger partial charge in [-0.2, -0.15) is 0 Å². The van der Waals surface area contributed by atoms with Gasteiger partial charge in [0.05, 0.1) is 5.69 Å². The van der Waals surface area contributed by atoms with Crippen molar-refractivity contribution in [3.63, 3.8) is 0 Å². The third-order valence-electron chi connectivity index (χ3n) is 3.82. The van der Waals surface area contributed by atoms with E-state index in [1.807, 2.05) is 23.1 Å². The van der Waals surface area contributed by atoms with Gasteiger partial charge in [-0.15, -0.1) is 0 Å². The fraction of sp³-hybridized carbons (Fsp3) is 0.188. The normalized spacial score (nSPS) is 13.9. The second kappa shape index (κ2) is 5.09. The minimum atomic E-state index is -0.628. The molecule has 1 aliphatic heterocycles. The van der Waals surface area contributed by atoms with Gasteiger partial charge in [-0.3, -0.25) is 4.79 Å². The van der Waals surface area contributed by atoms with Crippen LogP contribution < -0.4 is 16.4 Å². The summed E-state index contributed by atoms with van der Waals surface area (Å²) < 4.78 is 14.2. The predicted molar refractivity (Wildman–Crippen MR) is 80.5 cm³/mol. The highest BCUT2D eigenvalue weighted by molar-refractivity contribution is 5.93. The number of carbonyl (C=O) groups excluding carboxylic acids is 1. The lowest BCUT2D eigenvalue weighted by Crippen LogP contribution is -2.31.